The summed E-state index contributed by atoms with van der Waals surface area (Å²) in [4.78, 5) is 31.3. The molecule has 0 spiro atoms. The molecule has 0 radical (unpaired) electrons. The zero-order valence-corrected chi connectivity index (χ0v) is 21.5. The molecule has 39 heavy (non-hydrogen) atoms. The molecule has 1 atom stereocenters. The molecular formula is C31H28FN3O4. The van der Waals surface area contributed by atoms with Crippen LogP contribution in [0.5, 0.6) is 11.5 Å². The van der Waals surface area contributed by atoms with Gasteiger partial charge in [-0.15, -0.1) is 0 Å². The monoisotopic (exact) mass is 525 g/mol. The number of benzene rings is 3. The van der Waals surface area contributed by atoms with E-state index in [1.54, 1.807) is 40.1 Å². The van der Waals surface area contributed by atoms with Crippen LogP contribution in [0.2, 0.25) is 0 Å². The van der Waals surface area contributed by atoms with Crippen molar-refractivity contribution in [2.45, 2.75) is 25.8 Å². The highest BCUT2D eigenvalue weighted by Gasteiger charge is 2.37. The molecule has 8 heteroatoms. The van der Waals surface area contributed by atoms with Gasteiger partial charge in [-0.25, -0.2) is 4.39 Å². The van der Waals surface area contributed by atoms with Gasteiger partial charge in [0, 0.05) is 18.3 Å². The standard InChI is InChI=1S/C31H28FN3O4/c1-2-3-16-33(31(37)22-12-15-27-28(18-22)39-20-38-27)19-29(36)35-25-8-5-4-7-24(25)34-17-6-9-26(34)30(35)21-10-13-23(32)14-11-21/h4-15,17-18,30H,2-3,16,19-20H2,1H3. The Morgan fingerprint density at radius 2 is 1.72 bits per heavy atom. The van der Waals surface area contributed by atoms with Crippen molar-refractivity contribution >= 4 is 17.5 Å². The molecule has 0 fully saturated rings. The van der Waals surface area contributed by atoms with Crippen LogP contribution in [0.4, 0.5) is 10.1 Å². The van der Waals surface area contributed by atoms with Crippen LogP contribution in [0, 0.1) is 5.82 Å². The second-order valence-electron chi connectivity index (χ2n) is 9.66. The predicted molar refractivity (Wildman–Crippen MR) is 145 cm³/mol. The van der Waals surface area contributed by atoms with Crippen molar-refractivity contribution in [3.05, 3.63) is 108 Å². The van der Waals surface area contributed by atoms with Crippen LogP contribution in [0.25, 0.3) is 5.69 Å². The van der Waals surface area contributed by atoms with Crippen molar-refractivity contribution in [1.29, 1.82) is 0 Å². The Morgan fingerprint density at radius 3 is 2.51 bits per heavy atom. The number of ether oxygens (including phenoxy) is 2. The van der Waals surface area contributed by atoms with Crippen LogP contribution >= 0.6 is 0 Å². The number of unbranched alkanes of at least 4 members (excludes halogenated alkanes) is 1. The first kappa shape index (κ1) is 24.7. The summed E-state index contributed by atoms with van der Waals surface area (Å²) in [6.07, 6.45) is 3.59. The van der Waals surface area contributed by atoms with E-state index < -0.39 is 6.04 Å². The molecule has 0 aliphatic carbocycles. The molecule has 1 aromatic heterocycles. The molecule has 0 N–H and O–H groups in total. The molecule has 2 aliphatic heterocycles. The maximum atomic E-state index is 14.2. The molecule has 3 aromatic carbocycles. The molecular weight excluding hydrogens is 497 g/mol. The average molecular weight is 526 g/mol. The average Bonchev–Trinajstić information content (AvgIpc) is 3.64. The minimum Gasteiger partial charge on any atom is -0.454 e. The SMILES string of the molecule is CCCCN(CC(=O)N1c2ccccc2-n2cccc2C1c1ccc(F)cc1)C(=O)c1ccc2c(c1)OCO2. The summed E-state index contributed by atoms with van der Waals surface area (Å²) in [5.41, 5.74) is 3.70. The Labute approximate surface area is 226 Å². The number of fused-ring (bicyclic) bond motifs is 4. The van der Waals surface area contributed by atoms with E-state index in [4.69, 9.17) is 9.47 Å². The number of halogens is 1. The van der Waals surface area contributed by atoms with E-state index >= 15 is 0 Å². The molecule has 1 unspecified atom stereocenters. The topological polar surface area (TPSA) is 64.0 Å². The van der Waals surface area contributed by atoms with E-state index in [1.165, 1.54) is 12.1 Å². The summed E-state index contributed by atoms with van der Waals surface area (Å²) in [7, 11) is 0. The maximum Gasteiger partial charge on any atom is 0.254 e. The van der Waals surface area contributed by atoms with Crippen molar-refractivity contribution in [1.82, 2.24) is 9.47 Å². The van der Waals surface area contributed by atoms with Crippen LogP contribution < -0.4 is 14.4 Å². The molecule has 0 saturated carbocycles. The van der Waals surface area contributed by atoms with E-state index in [9.17, 15) is 14.0 Å². The fourth-order valence-corrected chi connectivity index (χ4v) is 5.28. The summed E-state index contributed by atoms with van der Waals surface area (Å²) < 4.78 is 26.8. The van der Waals surface area contributed by atoms with E-state index in [2.05, 4.69) is 4.57 Å². The Balaban J connectivity index is 1.37. The van der Waals surface area contributed by atoms with Crippen molar-refractivity contribution in [3.8, 4) is 17.2 Å². The molecule has 4 aromatic rings. The van der Waals surface area contributed by atoms with Crippen molar-refractivity contribution in [2.24, 2.45) is 0 Å². The Hall–Kier alpha value is -4.59. The largest absolute Gasteiger partial charge is 0.454 e. The zero-order valence-electron chi connectivity index (χ0n) is 21.5. The molecule has 2 aliphatic rings. The first-order chi connectivity index (χ1) is 19.0. The lowest BCUT2D eigenvalue weighted by atomic mass is 9.97. The van der Waals surface area contributed by atoms with Gasteiger partial charge in [-0.3, -0.25) is 14.5 Å². The molecule has 0 saturated heterocycles. The molecule has 3 heterocycles. The summed E-state index contributed by atoms with van der Waals surface area (Å²) in [6, 6.07) is 22.4. The lowest BCUT2D eigenvalue weighted by Crippen LogP contribution is -2.47. The smallest absolute Gasteiger partial charge is 0.254 e. The molecule has 6 rings (SSSR count). The summed E-state index contributed by atoms with van der Waals surface area (Å²) >= 11 is 0. The second-order valence-corrected chi connectivity index (χ2v) is 9.66. The highest BCUT2D eigenvalue weighted by molar-refractivity contribution is 6.02. The van der Waals surface area contributed by atoms with Gasteiger partial charge in [0.2, 0.25) is 12.7 Å². The number of hydrogen-bond donors (Lipinski definition) is 0. The number of carbonyl (C=O) groups is 2. The maximum absolute atomic E-state index is 14.2. The second kappa shape index (κ2) is 10.3. The van der Waals surface area contributed by atoms with Gasteiger partial charge < -0.3 is 18.9 Å². The quantitative estimate of drug-likeness (QED) is 0.310. The van der Waals surface area contributed by atoms with Crippen LogP contribution in [0.3, 0.4) is 0 Å². The highest BCUT2D eigenvalue weighted by Crippen LogP contribution is 2.42. The molecule has 7 nitrogen and oxygen atoms in total. The first-order valence-electron chi connectivity index (χ1n) is 13.1. The van der Waals surface area contributed by atoms with Crippen molar-refractivity contribution in [3.63, 3.8) is 0 Å². The summed E-state index contributed by atoms with van der Waals surface area (Å²) in [5.74, 6) is 0.294. The number of amides is 2. The van der Waals surface area contributed by atoms with E-state index in [-0.39, 0.29) is 31.0 Å². The minimum absolute atomic E-state index is 0.111. The van der Waals surface area contributed by atoms with Crippen LogP contribution in [-0.2, 0) is 4.79 Å². The normalized spacial score (nSPS) is 15.0. The molecule has 0 bridgehead atoms. The fourth-order valence-electron chi connectivity index (χ4n) is 5.28. The summed E-state index contributed by atoms with van der Waals surface area (Å²) in [5, 5.41) is 0. The van der Waals surface area contributed by atoms with Crippen LogP contribution in [0.15, 0.2) is 85.1 Å². The molecule has 198 valence electrons. The predicted octanol–water partition coefficient (Wildman–Crippen LogP) is 5.72. The van der Waals surface area contributed by atoms with Gasteiger partial charge in [0.15, 0.2) is 11.5 Å². The van der Waals surface area contributed by atoms with Gasteiger partial charge in [0.05, 0.1) is 17.1 Å². The lowest BCUT2D eigenvalue weighted by molar-refractivity contribution is -0.119. The number of carbonyl (C=O) groups excluding carboxylic acids is 2. The van der Waals surface area contributed by atoms with Crippen molar-refractivity contribution in [2.75, 3.05) is 24.8 Å². The number of para-hydroxylation sites is 2. The van der Waals surface area contributed by atoms with Gasteiger partial charge in [-0.05, 0) is 66.6 Å². The molecule has 2 amide bonds. The van der Waals surface area contributed by atoms with Gasteiger partial charge in [0.1, 0.15) is 18.4 Å². The third-order valence-electron chi connectivity index (χ3n) is 7.19. The van der Waals surface area contributed by atoms with Gasteiger partial charge in [0.25, 0.3) is 5.91 Å². The minimum atomic E-state index is -0.489. The zero-order chi connectivity index (χ0) is 26.9. The number of rotatable bonds is 7. The van der Waals surface area contributed by atoms with E-state index in [0.29, 0.717) is 23.6 Å². The Kier molecular flexibility index (Phi) is 6.52. The highest BCUT2D eigenvalue weighted by atomic mass is 19.1. The lowest BCUT2D eigenvalue weighted by Gasteiger charge is -2.39. The van der Waals surface area contributed by atoms with Gasteiger partial charge >= 0.3 is 0 Å². The fraction of sp³-hybridized carbons (Fsp3) is 0.226. The Bertz CT molecular complexity index is 1530. The Morgan fingerprint density at radius 1 is 0.949 bits per heavy atom. The number of anilines is 1. The van der Waals surface area contributed by atoms with E-state index in [0.717, 1.165) is 35.5 Å². The number of hydrogen-bond acceptors (Lipinski definition) is 4. The third-order valence-corrected chi connectivity index (χ3v) is 7.19. The third kappa shape index (κ3) is 4.52. The number of aromatic nitrogens is 1. The van der Waals surface area contributed by atoms with Crippen LogP contribution in [0.1, 0.15) is 47.4 Å². The summed E-state index contributed by atoms with van der Waals surface area (Å²) in [6.45, 7) is 2.49. The number of nitrogens with zero attached hydrogens (tertiary/aromatic N) is 3. The van der Waals surface area contributed by atoms with Gasteiger partial charge in [-0.1, -0.05) is 37.6 Å². The van der Waals surface area contributed by atoms with Gasteiger partial charge in [-0.2, -0.15) is 0 Å². The first-order valence-corrected chi connectivity index (χ1v) is 13.1. The van der Waals surface area contributed by atoms with Crippen molar-refractivity contribution < 1.29 is 23.5 Å². The van der Waals surface area contributed by atoms with E-state index in [1.807, 2.05) is 49.5 Å². The van der Waals surface area contributed by atoms with Crippen LogP contribution in [-0.4, -0.2) is 41.2 Å².